The van der Waals surface area contributed by atoms with Gasteiger partial charge in [0.15, 0.2) is 0 Å². The average molecular weight is 298 g/mol. The summed E-state index contributed by atoms with van der Waals surface area (Å²) in [4.78, 5) is 22.0. The van der Waals surface area contributed by atoms with Crippen molar-refractivity contribution < 1.29 is 9.72 Å². The van der Waals surface area contributed by atoms with E-state index in [0.717, 1.165) is 25.9 Å². The molecule has 1 saturated heterocycles. The molecule has 0 bridgehead atoms. The standard InChI is InChI=1S/C13H16ClN3O3/c14-12-7-11(17(19)20)4-3-9(12)6-13(18)16-10-2-1-5-15-8-10/h3-4,7,10,15H,1-2,5-6,8H2,(H,16,18). The van der Waals surface area contributed by atoms with Crippen LogP contribution in [0.25, 0.3) is 0 Å². The SMILES string of the molecule is O=C(Cc1ccc([N+](=O)[O-])cc1Cl)NC1CCCNC1. The highest BCUT2D eigenvalue weighted by Gasteiger charge is 2.17. The van der Waals surface area contributed by atoms with Crippen LogP contribution >= 0.6 is 11.6 Å². The number of amides is 1. The summed E-state index contributed by atoms with van der Waals surface area (Å²) in [6.07, 6.45) is 2.14. The second-order valence-electron chi connectivity index (χ2n) is 4.82. The number of benzene rings is 1. The number of rotatable bonds is 4. The number of hydrogen-bond donors (Lipinski definition) is 2. The Balaban J connectivity index is 1.95. The predicted molar refractivity (Wildman–Crippen MR) is 75.8 cm³/mol. The fraction of sp³-hybridized carbons (Fsp3) is 0.462. The molecule has 0 saturated carbocycles. The Morgan fingerprint density at radius 3 is 2.95 bits per heavy atom. The summed E-state index contributed by atoms with van der Waals surface area (Å²) >= 11 is 5.96. The normalized spacial score (nSPS) is 18.6. The highest BCUT2D eigenvalue weighted by Crippen LogP contribution is 2.22. The van der Waals surface area contributed by atoms with E-state index < -0.39 is 4.92 Å². The van der Waals surface area contributed by atoms with Gasteiger partial charge < -0.3 is 10.6 Å². The van der Waals surface area contributed by atoms with E-state index in [0.29, 0.717) is 5.56 Å². The third-order valence-electron chi connectivity index (χ3n) is 3.26. The summed E-state index contributed by atoms with van der Waals surface area (Å²) in [6, 6.07) is 4.30. The van der Waals surface area contributed by atoms with Crippen molar-refractivity contribution in [3.05, 3.63) is 38.9 Å². The minimum atomic E-state index is -0.510. The van der Waals surface area contributed by atoms with Crippen molar-refractivity contribution in [2.45, 2.75) is 25.3 Å². The van der Waals surface area contributed by atoms with Gasteiger partial charge in [-0.05, 0) is 24.9 Å². The summed E-state index contributed by atoms with van der Waals surface area (Å²) in [6.45, 7) is 1.76. The molecule has 6 nitrogen and oxygen atoms in total. The number of hydrogen-bond acceptors (Lipinski definition) is 4. The maximum absolute atomic E-state index is 11.9. The molecule has 1 heterocycles. The van der Waals surface area contributed by atoms with Crippen molar-refractivity contribution >= 4 is 23.2 Å². The van der Waals surface area contributed by atoms with Gasteiger partial charge in [0.05, 0.1) is 16.4 Å². The lowest BCUT2D eigenvalue weighted by Gasteiger charge is -2.23. The maximum atomic E-state index is 11.9. The molecule has 0 spiro atoms. The van der Waals surface area contributed by atoms with Gasteiger partial charge in [-0.1, -0.05) is 17.7 Å². The van der Waals surface area contributed by atoms with Gasteiger partial charge in [0.2, 0.25) is 5.91 Å². The summed E-state index contributed by atoms with van der Waals surface area (Å²) in [5.74, 6) is -0.116. The zero-order chi connectivity index (χ0) is 14.5. The Hall–Kier alpha value is -1.66. The van der Waals surface area contributed by atoms with Crippen molar-refractivity contribution in [3.63, 3.8) is 0 Å². The number of non-ortho nitro benzene ring substituents is 1. The van der Waals surface area contributed by atoms with Crippen LogP contribution in [0.1, 0.15) is 18.4 Å². The van der Waals surface area contributed by atoms with E-state index in [1.54, 1.807) is 0 Å². The van der Waals surface area contributed by atoms with E-state index in [1.807, 2.05) is 0 Å². The Bertz CT molecular complexity index is 516. The van der Waals surface area contributed by atoms with E-state index in [1.165, 1.54) is 18.2 Å². The van der Waals surface area contributed by atoms with Gasteiger partial charge in [-0.3, -0.25) is 14.9 Å². The van der Waals surface area contributed by atoms with Gasteiger partial charge in [0, 0.05) is 24.7 Å². The zero-order valence-corrected chi connectivity index (χ0v) is 11.7. The van der Waals surface area contributed by atoms with E-state index in [9.17, 15) is 14.9 Å². The number of halogens is 1. The predicted octanol–water partition coefficient (Wildman–Crippen LogP) is 1.66. The molecular weight excluding hydrogens is 282 g/mol. The molecular formula is C13H16ClN3O3. The van der Waals surface area contributed by atoms with Crippen LogP contribution in [-0.4, -0.2) is 30.0 Å². The van der Waals surface area contributed by atoms with Gasteiger partial charge in [-0.15, -0.1) is 0 Å². The van der Waals surface area contributed by atoms with Gasteiger partial charge in [-0.25, -0.2) is 0 Å². The fourth-order valence-electron chi connectivity index (χ4n) is 2.22. The number of carbonyl (C=O) groups is 1. The smallest absolute Gasteiger partial charge is 0.270 e. The largest absolute Gasteiger partial charge is 0.352 e. The number of nitrogens with zero attached hydrogens (tertiary/aromatic N) is 1. The first-order chi connectivity index (χ1) is 9.56. The first kappa shape index (κ1) is 14.7. The summed E-state index contributed by atoms with van der Waals surface area (Å²) < 4.78 is 0. The lowest BCUT2D eigenvalue weighted by atomic mass is 10.1. The summed E-state index contributed by atoms with van der Waals surface area (Å²) in [5, 5.41) is 17.0. The average Bonchev–Trinajstić information content (AvgIpc) is 2.42. The molecule has 0 aromatic heterocycles. The molecule has 1 aromatic rings. The quantitative estimate of drug-likeness (QED) is 0.654. The first-order valence-electron chi connectivity index (χ1n) is 6.49. The van der Waals surface area contributed by atoms with E-state index in [4.69, 9.17) is 11.6 Å². The van der Waals surface area contributed by atoms with Gasteiger partial charge in [0.25, 0.3) is 5.69 Å². The molecule has 0 radical (unpaired) electrons. The van der Waals surface area contributed by atoms with Crippen molar-refractivity contribution in [2.24, 2.45) is 0 Å². The Morgan fingerprint density at radius 2 is 2.35 bits per heavy atom. The van der Waals surface area contributed by atoms with E-state index in [-0.39, 0.29) is 29.1 Å². The summed E-state index contributed by atoms with van der Waals surface area (Å²) in [5.41, 5.74) is 0.522. The van der Waals surface area contributed by atoms with Crippen LogP contribution in [0.5, 0.6) is 0 Å². The van der Waals surface area contributed by atoms with Crippen LogP contribution in [0.3, 0.4) is 0 Å². The zero-order valence-electron chi connectivity index (χ0n) is 10.9. The first-order valence-corrected chi connectivity index (χ1v) is 6.87. The minimum Gasteiger partial charge on any atom is -0.352 e. The minimum absolute atomic E-state index is 0.0735. The molecule has 1 aromatic carbocycles. The molecule has 1 amide bonds. The van der Waals surface area contributed by atoms with Gasteiger partial charge >= 0.3 is 0 Å². The Labute approximate surface area is 121 Å². The molecule has 7 heteroatoms. The second-order valence-corrected chi connectivity index (χ2v) is 5.23. The molecule has 0 aliphatic carbocycles. The molecule has 1 aliphatic heterocycles. The maximum Gasteiger partial charge on any atom is 0.270 e. The lowest BCUT2D eigenvalue weighted by molar-refractivity contribution is -0.384. The molecule has 2 rings (SSSR count). The molecule has 20 heavy (non-hydrogen) atoms. The van der Waals surface area contributed by atoms with Crippen LogP contribution in [-0.2, 0) is 11.2 Å². The van der Waals surface area contributed by atoms with Crippen molar-refractivity contribution in [1.29, 1.82) is 0 Å². The van der Waals surface area contributed by atoms with Gasteiger partial charge in [-0.2, -0.15) is 0 Å². The number of nitrogens with one attached hydrogen (secondary N) is 2. The molecule has 1 atom stereocenters. The van der Waals surface area contributed by atoms with Crippen LogP contribution < -0.4 is 10.6 Å². The number of nitro benzene ring substituents is 1. The lowest BCUT2D eigenvalue weighted by Crippen LogP contribution is -2.46. The molecule has 1 unspecified atom stereocenters. The second kappa shape index (κ2) is 6.67. The highest BCUT2D eigenvalue weighted by molar-refractivity contribution is 6.31. The van der Waals surface area contributed by atoms with Gasteiger partial charge in [0.1, 0.15) is 0 Å². The van der Waals surface area contributed by atoms with Crippen molar-refractivity contribution in [1.82, 2.24) is 10.6 Å². The summed E-state index contributed by atoms with van der Waals surface area (Å²) in [7, 11) is 0. The molecule has 1 fully saturated rings. The van der Waals surface area contributed by atoms with Crippen LogP contribution in [0.4, 0.5) is 5.69 Å². The number of piperidine rings is 1. The van der Waals surface area contributed by atoms with Crippen molar-refractivity contribution in [2.75, 3.05) is 13.1 Å². The third-order valence-corrected chi connectivity index (χ3v) is 3.61. The van der Waals surface area contributed by atoms with Crippen LogP contribution in [0.2, 0.25) is 5.02 Å². The number of nitro groups is 1. The molecule has 2 N–H and O–H groups in total. The Morgan fingerprint density at radius 1 is 1.55 bits per heavy atom. The molecule has 1 aliphatic rings. The van der Waals surface area contributed by atoms with E-state index in [2.05, 4.69) is 10.6 Å². The third kappa shape index (κ3) is 3.91. The monoisotopic (exact) mass is 297 g/mol. The van der Waals surface area contributed by atoms with E-state index >= 15 is 0 Å². The van der Waals surface area contributed by atoms with Crippen molar-refractivity contribution in [3.8, 4) is 0 Å². The Kier molecular flexibility index (Phi) is 4.92. The number of carbonyl (C=O) groups excluding carboxylic acids is 1. The molecule has 108 valence electrons. The highest BCUT2D eigenvalue weighted by atomic mass is 35.5. The van der Waals surface area contributed by atoms with Crippen LogP contribution in [0, 0.1) is 10.1 Å². The fourth-order valence-corrected chi connectivity index (χ4v) is 2.46. The van der Waals surface area contributed by atoms with Crippen LogP contribution in [0.15, 0.2) is 18.2 Å². The topological polar surface area (TPSA) is 84.3 Å².